The van der Waals surface area contributed by atoms with Gasteiger partial charge in [0.25, 0.3) is 0 Å². The summed E-state index contributed by atoms with van der Waals surface area (Å²) >= 11 is 0. The van der Waals surface area contributed by atoms with Crippen LogP contribution in [0.15, 0.2) is 176 Å². The van der Waals surface area contributed by atoms with Crippen molar-refractivity contribution in [2.75, 3.05) is 20.8 Å². The number of hydrogen-bond donors (Lipinski definition) is 0. The molecule has 3 aliphatic rings. The van der Waals surface area contributed by atoms with E-state index in [1.165, 1.54) is 48.5 Å². The molecule has 352 valence electrons. The smallest absolute Gasteiger partial charge is 0.169 e. The predicted molar refractivity (Wildman–Crippen MR) is 266 cm³/mol. The Labute approximate surface area is 405 Å². The molecular formula is C57H45F4NO6P2. The van der Waals surface area contributed by atoms with Crippen molar-refractivity contribution in [2.24, 2.45) is 0 Å². The van der Waals surface area contributed by atoms with Crippen LogP contribution >= 0.6 is 15.8 Å². The van der Waals surface area contributed by atoms with Crippen LogP contribution in [0.5, 0.6) is 23.0 Å². The number of ether oxygens (including phenoxy) is 6. The molecule has 2 fully saturated rings. The third-order valence-electron chi connectivity index (χ3n) is 13.0. The van der Waals surface area contributed by atoms with Crippen LogP contribution in [0, 0.1) is 23.3 Å². The van der Waals surface area contributed by atoms with E-state index in [0.29, 0.717) is 34.1 Å². The third-order valence-corrected chi connectivity index (χ3v) is 18.0. The highest BCUT2D eigenvalue weighted by Crippen LogP contribution is 2.57. The summed E-state index contributed by atoms with van der Waals surface area (Å²) < 4.78 is 100. The molecule has 0 spiro atoms. The zero-order valence-electron chi connectivity index (χ0n) is 38.0. The van der Waals surface area contributed by atoms with Gasteiger partial charge in [-0.15, -0.1) is 0 Å². The Balaban J connectivity index is 1.22. The fourth-order valence-corrected chi connectivity index (χ4v) is 14.6. The lowest BCUT2D eigenvalue weighted by Gasteiger charge is -2.35. The molecule has 8 aromatic carbocycles. The molecule has 0 unspecified atom stereocenters. The Morgan fingerprint density at radius 3 is 1.29 bits per heavy atom. The maximum Gasteiger partial charge on any atom is 0.169 e. The highest BCUT2D eigenvalue weighted by Gasteiger charge is 2.55. The van der Waals surface area contributed by atoms with Crippen LogP contribution in [0.2, 0.25) is 0 Å². The summed E-state index contributed by atoms with van der Waals surface area (Å²) in [5, 5.41) is 4.85. The van der Waals surface area contributed by atoms with Crippen molar-refractivity contribution in [2.45, 2.75) is 37.8 Å². The third kappa shape index (κ3) is 8.61. The summed E-state index contributed by atoms with van der Waals surface area (Å²) in [6.07, 6.45) is -2.34. The van der Waals surface area contributed by atoms with Gasteiger partial charge in [0, 0.05) is 0 Å². The SMILES string of the molecule is COc1ccc(P(c2ccc(F)cc2)c2ccc(F)cc2)c2c1OCc1ccccc1COc1c(OC)ccc(P(c3ccc(F)cc3)c3ccc(F)cc3)c1[C@@H]1OC[C@H]3[C@H](c4ccccc4)O[C@H]2N13. The second kappa shape index (κ2) is 19.7. The molecular weight excluding hydrogens is 933 g/mol. The molecule has 0 N–H and O–H groups in total. The van der Waals surface area contributed by atoms with E-state index < -0.39 is 40.4 Å². The molecule has 3 aliphatic heterocycles. The summed E-state index contributed by atoms with van der Waals surface area (Å²) in [5.41, 5.74) is 3.93. The van der Waals surface area contributed by atoms with Gasteiger partial charge in [-0.25, -0.2) is 22.5 Å². The van der Waals surface area contributed by atoms with Crippen molar-refractivity contribution in [3.8, 4) is 23.0 Å². The van der Waals surface area contributed by atoms with Gasteiger partial charge in [0.05, 0.1) is 38.0 Å². The summed E-state index contributed by atoms with van der Waals surface area (Å²) in [4.78, 5) is 2.23. The first kappa shape index (κ1) is 45.8. The largest absolute Gasteiger partial charge is 0.493 e. The molecule has 4 atom stereocenters. The quantitative estimate of drug-likeness (QED) is 0.106. The monoisotopic (exact) mass is 977 g/mol. The van der Waals surface area contributed by atoms with Gasteiger partial charge >= 0.3 is 0 Å². The van der Waals surface area contributed by atoms with Crippen molar-refractivity contribution >= 4 is 47.7 Å². The maximum atomic E-state index is 14.8. The normalized spacial score (nSPS) is 18.6. The minimum absolute atomic E-state index is 0.111. The average Bonchev–Trinajstić information content (AvgIpc) is 3.99. The van der Waals surface area contributed by atoms with Gasteiger partial charge in [-0.05, 0) is 137 Å². The highest BCUT2D eigenvalue weighted by atomic mass is 31.1. The van der Waals surface area contributed by atoms with Crippen LogP contribution in [-0.2, 0) is 22.7 Å². The van der Waals surface area contributed by atoms with E-state index in [0.717, 1.165) is 48.5 Å². The van der Waals surface area contributed by atoms with Gasteiger partial charge in [-0.2, -0.15) is 0 Å². The summed E-state index contributed by atoms with van der Waals surface area (Å²) in [6.45, 7) is 0.454. The first-order valence-electron chi connectivity index (χ1n) is 22.7. The molecule has 0 aliphatic carbocycles. The molecule has 8 aromatic rings. The van der Waals surface area contributed by atoms with Gasteiger partial charge in [-0.3, -0.25) is 0 Å². The van der Waals surface area contributed by atoms with Gasteiger partial charge in [0.15, 0.2) is 23.0 Å². The molecule has 0 bridgehead atoms. The van der Waals surface area contributed by atoms with Crippen molar-refractivity contribution in [1.29, 1.82) is 0 Å². The first-order valence-corrected chi connectivity index (χ1v) is 25.4. The van der Waals surface area contributed by atoms with E-state index in [1.807, 2.05) is 78.9 Å². The number of benzene rings is 8. The van der Waals surface area contributed by atoms with Gasteiger partial charge in [-0.1, -0.05) is 103 Å². The van der Waals surface area contributed by atoms with E-state index in [2.05, 4.69) is 4.90 Å². The molecule has 7 nitrogen and oxygen atoms in total. The Morgan fingerprint density at radius 1 is 0.471 bits per heavy atom. The lowest BCUT2D eigenvalue weighted by Crippen LogP contribution is -2.36. The average molecular weight is 978 g/mol. The number of halogens is 4. The van der Waals surface area contributed by atoms with Crippen LogP contribution < -0.4 is 50.8 Å². The zero-order valence-corrected chi connectivity index (χ0v) is 39.8. The molecule has 0 radical (unpaired) electrons. The Hall–Kier alpha value is -6.58. The van der Waals surface area contributed by atoms with E-state index in [-0.39, 0.29) is 43.1 Å². The predicted octanol–water partition coefficient (Wildman–Crippen LogP) is 10.4. The zero-order chi connectivity index (χ0) is 47.9. The standard InChI is InChI=1S/C57H45F4NO6P2/c1-63-47-28-30-49(69(42-20-12-38(58)13-21-42)43-22-14-39(59)15-23-43)51-54(47)65-32-36-10-6-7-11-37(36)33-66-55-48(64-2)29-31-50(70(44-24-16-40(60)17-25-44)45-26-18-41(61)19-27-45)52(55)57-62-46(34-67-56(51)62)53(68-57)35-8-4-3-5-9-35/h3-31,46,53,56-57H,32-34H2,1-2H3/t46-,53-,56-,57+/m0/s1. The van der Waals surface area contributed by atoms with Crippen LogP contribution in [0.1, 0.15) is 46.4 Å². The van der Waals surface area contributed by atoms with Crippen LogP contribution in [-0.4, -0.2) is 31.8 Å². The molecule has 13 heteroatoms. The minimum Gasteiger partial charge on any atom is -0.493 e. The number of rotatable bonds is 9. The fourth-order valence-electron chi connectivity index (χ4n) is 9.75. The Morgan fingerprint density at radius 2 is 0.871 bits per heavy atom. The molecule has 11 rings (SSSR count). The summed E-state index contributed by atoms with van der Waals surface area (Å²) in [5.74, 6) is 0.219. The highest BCUT2D eigenvalue weighted by molar-refractivity contribution is 7.80. The van der Waals surface area contributed by atoms with Crippen LogP contribution in [0.3, 0.4) is 0 Å². The van der Waals surface area contributed by atoms with Gasteiger partial charge < -0.3 is 28.4 Å². The number of fused-ring (bicyclic) bond motifs is 5. The summed E-state index contributed by atoms with van der Waals surface area (Å²) in [6, 6.07) is 50.8. The molecule has 0 saturated carbocycles. The lowest BCUT2D eigenvalue weighted by atomic mass is 10.0. The van der Waals surface area contributed by atoms with E-state index in [9.17, 15) is 17.6 Å². The van der Waals surface area contributed by atoms with Crippen molar-refractivity contribution < 1.29 is 46.0 Å². The minimum atomic E-state index is -1.57. The number of hydrogen-bond acceptors (Lipinski definition) is 7. The topological polar surface area (TPSA) is 58.6 Å². The van der Waals surface area contributed by atoms with Crippen LogP contribution in [0.4, 0.5) is 17.6 Å². The molecule has 70 heavy (non-hydrogen) atoms. The van der Waals surface area contributed by atoms with Crippen molar-refractivity contribution in [3.05, 3.63) is 227 Å². The van der Waals surface area contributed by atoms with Crippen molar-refractivity contribution in [1.82, 2.24) is 4.90 Å². The number of nitrogens with zero attached hydrogens (tertiary/aromatic N) is 1. The van der Waals surface area contributed by atoms with Gasteiger partial charge in [0.1, 0.15) is 55.0 Å². The Kier molecular flexibility index (Phi) is 12.9. The molecule has 0 amide bonds. The van der Waals surface area contributed by atoms with Gasteiger partial charge in [0.2, 0.25) is 0 Å². The van der Waals surface area contributed by atoms with E-state index in [1.54, 1.807) is 62.8 Å². The Bertz CT molecular complexity index is 3060. The second-order valence-corrected chi connectivity index (χ2v) is 21.4. The lowest BCUT2D eigenvalue weighted by molar-refractivity contribution is -0.0775. The molecule has 2 saturated heterocycles. The van der Waals surface area contributed by atoms with E-state index >= 15 is 0 Å². The van der Waals surface area contributed by atoms with Crippen molar-refractivity contribution in [3.63, 3.8) is 0 Å². The fraction of sp³-hybridized carbons (Fsp3) is 0.158. The molecule has 0 aromatic heterocycles. The molecule has 3 heterocycles. The first-order chi connectivity index (χ1) is 34.3. The van der Waals surface area contributed by atoms with E-state index in [4.69, 9.17) is 28.4 Å². The maximum absolute atomic E-state index is 14.8. The van der Waals surface area contributed by atoms with Crippen LogP contribution in [0.25, 0.3) is 0 Å². The number of methoxy groups -OCH3 is 2. The second-order valence-electron chi connectivity index (χ2n) is 17.0. The summed E-state index contributed by atoms with van der Waals surface area (Å²) in [7, 11) is 0.0635.